The second-order valence-corrected chi connectivity index (χ2v) is 3.32. The van der Waals surface area contributed by atoms with Crippen molar-refractivity contribution < 1.29 is 26.3 Å². The number of hydrogen-bond acceptors (Lipinski definition) is 0. The van der Waals surface area contributed by atoms with Crippen LogP contribution in [-0.4, -0.2) is 6.18 Å². The third-order valence-corrected chi connectivity index (χ3v) is 2.35. The summed E-state index contributed by atoms with van der Waals surface area (Å²) < 4.78 is 73.7. The van der Waals surface area contributed by atoms with Crippen molar-refractivity contribution in [3.63, 3.8) is 0 Å². The molecule has 0 spiro atoms. The molecular formula is C9H4F6. The zero-order chi connectivity index (χ0) is 11.4. The van der Waals surface area contributed by atoms with Gasteiger partial charge >= 0.3 is 12.4 Å². The number of fused-ring (bicyclic) bond motifs is 2. The topological polar surface area (TPSA) is 0 Å². The van der Waals surface area contributed by atoms with E-state index in [4.69, 9.17) is 0 Å². The van der Waals surface area contributed by atoms with Crippen LogP contribution in [0.25, 0.3) is 0 Å². The van der Waals surface area contributed by atoms with E-state index in [0.29, 0.717) is 6.07 Å². The highest BCUT2D eigenvalue weighted by atomic mass is 19.4. The average molecular weight is 226 g/mol. The molecule has 6 heteroatoms. The van der Waals surface area contributed by atoms with Crippen LogP contribution >= 0.6 is 0 Å². The number of benzene rings is 1. The first-order chi connectivity index (χ1) is 6.71. The van der Waals surface area contributed by atoms with Crippen LogP contribution in [0.15, 0.2) is 18.2 Å². The molecule has 1 unspecified atom stereocenters. The van der Waals surface area contributed by atoms with Crippen LogP contribution in [0.3, 0.4) is 0 Å². The Morgan fingerprint density at radius 2 is 1.53 bits per heavy atom. The lowest BCUT2D eigenvalue weighted by atomic mass is 9.77. The molecule has 0 fully saturated rings. The fraction of sp³-hybridized carbons (Fsp3) is 0.333. The Morgan fingerprint density at radius 1 is 0.933 bits per heavy atom. The Balaban J connectivity index is 2.46. The summed E-state index contributed by atoms with van der Waals surface area (Å²) in [5, 5.41) is 0. The van der Waals surface area contributed by atoms with Gasteiger partial charge in [-0.25, -0.2) is 0 Å². The molecule has 15 heavy (non-hydrogen) atoms. The van der Waals surface area contributed by atoms with E-state index in [1.807, 2.05) is 0 Å². The van der Waals surface area contributed by atoms with Crippen LogP contribution in [0.1, 0.15) is 22.6 Å². The molecule has 2 aliphatic carbocycles. The Bertz CT molecular complexity index is 396. The van der Waals surface area contributed by atoms with Gasteiger partial charge in [0.15, 0.2) is 0 Å². The van der Waals surface area contributed by atoms with E-state index in [0.717, 1.165) is 12.1 Å². The molecule has 1 aromatic carbocycles. The zero-order valence-corrected chi connectivity index (χ0v) is 7.08. The summed E-state index contributed by atoms with van der Waals surface area (Å²) in [7, 11) is 0. The number of hydrogen-bond donors (Lipinski definition) is 0. The summed E-state index contributed by atoms with van der Waals surface area (Å²) >= 11 is 0. The highest BCUT2D eigenvalue weighted by Gasteiger charge is 2.51. The molecule has 0 nitrogen and oxygen atoms in total. The molecule has 0 aliphatic heterocycles. The lowest BCUT2D eigenvalue weighted by Crippen LogP contribution is -2.30. The van der Waals surface area contributed by atoms with E-state index in [-0.39, 0.29) is 5.56 Å². The molecule has 1 aromatic rings. The molecule has 1 atom stereocenters. The van der Waals surface area contributed by atoms with Crippen LogP contribution < -0.4 is 0 Å². The van der Waals surface area contributed by atoms with E-state index in [2.05, 4.69) is 0 Å². The standard InChI is InChI=1S/C9H4F6/c10-8(11,12)6-2-1-4-3-5(6)7(4)9(13,14)15/h1-3,7H. The van der Waals surface area contributed by atoms with Gasteiger partial charge in [0.05, 0.1) is 5.56 Å². The van der Waals surface area contributed by atoms with Crippen molar-refractivity contribution in [3.05, 3.63) is 34.9 Å². The predicted octanol–water partition coefficient (Wildman–Crippen LogP) is 3.71. The molecular weight excluding hydrogens is 222 g/mol. The van der Waals surface area contributed by atoms with E-state index >= 15 is 0 Å². The minimum atomic E-state index is -4.72. The fourth-order valence-corrected chi connectivity index (χ4v) is 1.71. The smallest absolute Gasteiger partial charge is 0.170 e. The first-order valence-corrected chi connectivity index (χ1v) is 3.99. The minimum absolute atomic E-state index is 0.106. The van der Waals surface area contributed by atoms with Gasteiger partial charge in [0.2, 0.25) is 0 Å². The lowest BCUT2D eigenvalue weighted by molar-refractivity contribution is -0.153. The van der Waals surface area contributed by atoms with Crippen LogP contribution in [0.2, 0.25) is 0 Å². The number of halogens is 6. The highest BCUT2D eigenvalue weighted by molar-refractivity contribution is 5.51. The van der Waals surface area contributed by atoms with E-state index < -0.39 is 29.4 Å². The van der Waals surface area contributed by atoms with Crippen molar-refractivity contribution in [2.24, 2.45) is 0 Å². The first-order valence-electron chi connectivity index (χ1n) is 3.99. The second kappa shape index (κ2) is 2.68. The molecule has 0 aromatic heterocycles. The predicted molar refractivity (Wildman–Crippen MR) is 39.3 cm³/mol. The first kappa shape index (κ1) is 10.3. The third-order valence-electron chi connectivity index (χ3n) is 2.35. The molecule has 0 amide bonds. The van der Waals surface area contributed by atoms with Gasteiger partial charge in [-0.3, -0.25) is 0 Å². The molecule has 3 rings (SSSR count). The maximum atomic E-state index is 12.3. The van der Waals surface area contributed by atoms with E-state index in [9.17, 15) is 26.3 Å². The van der Waals surface area contributed by atoms with Gasteiger partial charge in [0.25, 0.3) is 0 Å². The summed E-state index contributed by atoms with van der Waals surface area (Å²) in [6.45, 7) is 0. The lowest BCUT2D eigenvalue weighted by Gasteiger charge is -2.32. The molecule has 0 radical (unpaired) electrons. The van der Waals surface area contributed by atoms with Gasteiger partial charge in [-0.2, -0.15) is 26.3 Å². The van der Waals surface area contributed by atoms with Crippen molar-refractivity contribution in [1.29, 1.82) is 0 Å². The third kappa shape index (κ3) is 1.48. The maximum absolute atomic E-state index is 12.3. The van der Waals surface area contributed by atoms with Crippen LogP contribution in [-0.2, 0) is 6.18 Å². The molecule has 0 saturated heterocycles. The van der Waals surface area contributed by atoms with E-state index in [1.54, 1.807) is 0 Å². The minimum Gasteiger partial charge on any atom is -0.170 e. The molecule has 0 saturated carbocycles. The molecule has 0 N–H and O–H groups in total. The Labute approximate surface area is 80.5 Å². The van der Waals surface area contributed by atoms with E-state index in [1.165, 1.54) is 0 Å². The maximum Gasteiger partial charge on any atom is 0.416 e. The fourth-order valence-electron chi connectivity index (χ4n) is 1.71. The Kier molecular flexibility index (Phi) is 1.84. The normalized spacial score (nSPS) is 20.0. The molecule has 2 aliphatic rings. The number of alkyl halides is 6. The van der Waals surface area contributed by atoms with Gasteiger partial charge in [-0.1, -0.05) is 12.1 Å². The van der Waals surface area contributed by atoms with Crippen LogP contribution in [0.5, 0.6) is 0 Å². The Morgan fingerprint density at radius 3 is 1.93 bits per heavy atom. The van der Waals surface area contributed by atoms with Crippen molar-refractivity contribution in [2.45, 2.75) is 18.3 Å². The van der Waals surface area contributed by atoms with Gasteiger partial charge in [-0.15, -0.1) is 0 Å². The summed E-state index contributed by atoms with van der Waals surface area (Å²) in [6, 6.07) is 2.49. The zero-order valence-electron chi connectivity index (χ0n) is 7.08. The highest BCUT2D eigenvalue weighted by Crippen LogP contribution is 2.51. The molecule has 82 valence electrons. The van der Waals surface area contributed by atoms with Gasteiger partial charge in [-0.05, 0) is 17.2 Å². The molecule has 0 heterocycles. The largest absolute Gasteiger partial charge is 0.416 e. The quantitative estimate of drug-likeness (QED) is 0.591. The summed E-state index contributed by atoms with van der Waals surface area (Å²) in [5.41, 5.74) is -1.97. The summed E-state index contributed by atoms with van der Waals surface area (Å²) in [6.07, 6.45) is -9.36. The second-order valence-electron chi connectivity index (χ2n) is 3.32. The van der Waals surface area contributed by atoms with Crippen LogP contribution in [0.4, 0.5) is 26.3 Å². The Hall–Kier alpha value is -1.20. The van der Waals surface area contributed by atoms with Gasteiger partial charge in [0, 0.05) is 0 Å². The average Bonchev–Trinajstić information content (AvgIpc) is 1.98. The SMILES string of the molecule is FC(F)(F)c1ccc2cc1C2C(F)(F)F. The summed E-state index contributed by atoms with van der Waals surface area (Å²) in [5.74, 6) is -2.06. The van der Waals surface area contributed by atoms with Crippen molar-refractivity contribution >= 4 is 0 Å². The van der Waals surface area contributed by atoms with Gasteiger partial charge in [0.1, 0.15) is 5.92 Å². The van der Waals surface area contributed by atoms with Gasteiger partial charge < -0.3 is 0 Å². The molecule has 2 bridgehead atoms. The van der Waals surface area contributed by atoms with Crippen molar-refractivity contribution in [1.82, 2.24) is 0 Å². The van der Waals surface area contributed by atoms with Crippen molar-refractivity contribution in [3.8, 4) is 0 Å². The van der Waals surface area contributed by atoms with Crippen LogP contribution in [0, 0.1) is 0 Å². The number of rotatable bonds is 0. The van der Waals surface area contributed by atoms with Crippen molar-refractivity contribution in [2.75, 3.05) is 0 Å². The monoisotopic (exact) mass is 226 g/mol. The summed E-state index contributed by atoms with van der Waals surface area (Å²) in [4.78, 5) is 0.